The summed E-state index contributed by atoms with van der Waals surface area (Å²) in [6.45, 7) is 1.91. The Kier molecular flexibility index (Phi) is 8.27. The molecule has 0 aliphatic heterocycles. The highest BCUT2D eigenvalue weighted by Crippen LogP contribution is 2.30. The van der Waals surface area contributed by atoms with Gasteiger partial charge in [0.15, 0.2) is 18.1 Å². The minimum Gasteiger partial charge on any atom is -0.490 e. The Labute approximate surface area is 199 Å². The summed E-state index contributed by atoms with van der Waals surface area (Å²) >= 11 is 0. The molecule has 2 N–H and O–H groups in total. The van der Waals surface area contributed by atoms with Gasteiger partial charge in [-0.2, -0.15) is 5.10 Å². The quantitative estimate of drug-likeness (QED) is 0.233. The van der Waals surface area contributed by atoms with Gasteiger partial charge in [0, 0.05) is 11.8 Å². The zero-order valence-corrected chi connectivity index (χ0v) is 18.5. The zero-order valence-electron chi connectivity index (χ0n) is 18.5. The van der Waals surface area contributed by atoms with Gasteiger partial charge in [-0.05, 0) is 48.9 Å². The third kappa shape index (κ3) is 6.99. The SMILES string of the molecule is CCOc1cc(C=NNc2ccc([N+](=O)[O-])cc2[N+](=O)[O-])ccc1OCC(=O)Nc1ccccc1. The first kappa shape index (κ1) is 24.6. The number of nitrogens with one attached hydrogen (secondary N) is 2. The molecule has 0 saturated heterocycles. The van der Waals surface area contributed by atoms with E-state index in [1.165, 1.54) is 12.3 Å². The fourth-order valence-corrected chi connectivity index (χ4v) is 2.91. The number of nitro groups is 2. The molecule has 0 heterocycles. The number of benzene rings is 3. The number of anilines is 2. The first-order valence-corrected chi connectivity index (χ1v) is 10.3. The van der Waals surface area contributed by atoms with E-state index in [0.29, 0.717) is 29.4 Å². The van der Waals surface area contributed by atoms with Gasteiger partial charge in [0.05, 0.1) is 28.7 Å². The molecule has 0 radical (unpaired) electrons. The fourth-order valence-electron chi connectivity index (χ4n) is 2.91. The number of hydrogen-bond acceptors (Lipinski definition) is 9. The largest absolute Gasteiger partial charge is 0.490 e. The molecular formula is C23H21N5O7. The Morgan fingerprint density at radius 2 is 1.74 bits per heavy atom. The summed E-state index contributed by atoms with van der Waals surface area (Å²) in [6, 6.07) is 17.1. The Balaban J connectivity index is 1.67. The number of hydrogen-bond donors (Lipinski definition) is 2. The van der Waals surface area contributed by atoms with Crippen molar-refractivity contribution in [3.8, 4) is 11.5 Å². The van der Waals surface area contributed by atoms with E-state index in [1.807, 2.05) is 6.07 Å². The van der Waals surface area contributed by atoms with Gasteiger partial charge in [0.1, 0.15) is 5.69 Å². The van der Waals surface area contributed by atoms with Crippen LogP contribution < -0.4 is 20.2 Å². The lowest BCUT2D eigenvalue weighted by molar-refractivity contribution is -0.393. The number of nitrogens with zero attached hydrogens (tertiary/aromatic N) is 3. The van der Waals surface area contributed by atoms with Gasteiger partial charge in [-0.15, -0.1) is 0 Å². The van der Waals surface area contributed by atoms with E-state index in [0.717, 1.165) is 12.1 Å². The maximum atomic E-state index is 12.1. The molecule has 0 saturated carbocycles. The summed E-state index contributed by atoms with van der Waals surface area (Å²) in [5.41, 5.74) is 2.85. The normalized spacial score (nSPS) is 10.5. The number of nitro benzene ring substituents is 2. The van der Waals surface area contributed by atoms with Crippen molar-refractivity contribution >= 4 is 34.9 Å². The molecule has 0 aliphatic rings. The molecule has 3 rings (SSSR count). The highest BCUT2D eigenvalue weighted by atomic mass is 16.6. The molecule has 180 valence electrons. The summed E-state index contributed by atoms with van der Waals surface area (Å²) in [7, 11) is 0. The molecule has 12 nitrogen and oxygen atoms in total. The van der Waals surface area contributed by atoms with Crippen molar-refractivity contribution in [2.24, 2.45) is 5.10 Å². The van der Waals surface area contributed by atoms with Crippen LogP contribution in [0.25, 0.3) is 0 Å². The van der Waals surface area contributed by atoms with Crippen LogP contribution in [0.2, 0.25) is 0 Å². The van der Waals surface area contributed by atoms with Gasteiger partial charge < -0.3 is 14.8 Å². The molecule has 0 aliphatic carbocycles. The minimum atomic E-state index is -0.738. The van der Waals surface area contributed by atoms with Crippen molar-refractivity contribution in [3.05, 3.63) is 92.5 Å². The smallest absolute Gasteiger partial charge is 0.301 e. The van der Waals surface area contributed by atoms with E-state index in [4.69, 9.17) is 9.47 Å². The van der Waals surface area contributed by atoms with Crippen LogP contribution in [0.4, 0.5) is 22.7 Å². The average molecular weight is 479 g/mol. The van der Waals surface area contributed by atoms with E-state index in [9.17, 15) is 25.0 Å². The molecule has 0 fully saturated rings. The third-order valence-electron chi connectivity index (χ3n) is 4.47. The summed E-state index contributed by atoms with van der Waals surface area (Å²) in [6.07, 6.45) is 1.39. The predicted octanol–water partition coefficient (Wildman–Crippen LogP) is 4.37. The Morgan fingerprint density at radius 3 is 2.43 bits per heavy atom. The van der Waals surface area contributed by atoms with Crippen molar-refractivity contribution in [3.63, 3.8) is 0 Å². The summed E-state index contributed by atoms with van der Waals surface area (Å²) < 4.78 is 11.2. The van der Waals surface area contributed by atoms with Crippen LogP contribution in [-0.4, -0.2) is 35.2 Å². The number of carbonyl (C=O) groups excluding carboxylic acids is 1. The molecule has 0 spiro atoms. The van der Waals surface area contributed by atoms with Crippen LogP contribution >= 0.6 is 0 Å². The topological polar surface area (TPSA) is 158 Å². The second-order valence-electron chi connectivity index (χ2n) is 6.93. The molecule has 0 bridgehead atoms. The zero-order chi connectivity index (χ0) is 25.2. The second kappa shape index (κ2) is 11.7. The first-order chi connectivity index (χ1) is 16.9. The van der Waals surface area contributed by atoms with Crippen LogP contribution in [0.5, 0.6) is 11.5 Å². The van der Waals surface area contributed by atoms with Crippen molar-refractivity contribution in [1.29, 1.82) is 0 Å². The second-order valence-corrected chi connectivity index (χ2v) is 6.93. The summed E-state index contributed by atoms with van der Waals surface area (Å²) in [5.74, 6) is 0.398. The van der Waals surface area contributed by atoms with Gasteiger partial charge in [-0.1, -0.05) is 18.2 Å². The van der Waals surface area contributed by atoms with Crippen LogP contribution in [0.3, 0.4) is 0 Å². The highest BCUT2D eigenvalue weighted by molar-refractivity contribution is 5.91. The van der Waals surface area contributed by atoms with Crippen LogP contribution in [0, 0.1) is 20.2 Å². The van der Waals surface area contributed by atoms with E-state index in [2.05, 4.69) is 15.8 Å². The van der Waals surface area contributed by atoms with E-state index < -0.39 is 21.2 Å². The van der Waals surface area contributed by atoms with Gasteiger partial charge in [-0.3, -0.25) is 30.4 Å². The lowest BCUT2D eigenvalue weighted by atomic mass is 10.2. The summed E-state index contributed by atoms with van der Waals surface area (Å²) in [5, 5.41) is 28.8. The van der Waals surface area contributed by atoms with Gasteiger partial charge in [-0.25, -0.2) is 0 Å². The van der Waals surface area contributed by atoms with Gasteiger partial charge in [0.2, 0.25) is 0 Å². The third-order valence-corrected chi connectivity index (χ3v) is 4.47. The Hall–Kier alpha value is -5.00. The van der Waals surface area contributed by atoms with Gasteiger partial charge >= 0.3 is 5.69 Å². The van der Waals surface area contributed by atoms with Crippen molar-refractivity contribution in [2.45, 2.75) is 6.92 Å². The van der Waals surface area contributed by atoms with Crippen LogP contribution in [0.1, 0.15) is 12.5 Å². The molecule has 3 aromatic rings. The molecule has 3 aromatic carbocycles. The number of para-hydroxylation sites is 1. The van der Waals surface area contributed by atoms with Crippen LogP contribution in [-0.2, 0) is 4.79 Å². The lowest BCUT2D eigenvalue weighted by Gasteiger charge is -2.12. The van der Waals surface area contributed by atoms with Crippen molar-refractivity contribution in [2.75, 3.05) is 24.0 Å². The van der Waals surface area contributed by atoms with E-state index >= 15 is 0 Å². The number of rotatable bonds is 11. The predicted molar refractivity (Wildman–Crippen MR) is 129 cm³/mol. The molecule has 12 heteroatoms. The highest BCUT2D eigenvalue weighted by Gasteiger charge is 2.19. The van der Waals surface area contributed by atoms with E-state index in [1.54, 1.807) is 49.4 Å². The van der Waals surface area contributed by atoms with E-state index in [-0.39, 0.29) is 18.2 Å². The first-order valence-electron chi connectivity index (χ1n) is 10.3. The van der Waals surface area contributed by atoms with Crippen LogP contribution in [0.15, 0.2) is 71.8 Å². The number of hydrazone groups is 1. The molecule has 0 atom stereocenters. The standard InChI is InChI=1S/C23H21N5O7/c1-2-34-22-12-16(8-11-21(22)35-15-23(29)25-17-6-4-3-5-7-17)14-24-26-19-10-9-18(27(30)31)13-20(19)28(32)33/h3-14,26H,2,15H2,1H3,(H,25,29). The average Bonchev–Trinajstić information content (AvgIpc) is 2.84. The number of ether oxygens (including phenoxy) is 2. The molecule has 0 aromatic heterocycles. The number of non-ortho nitro benzene ring substituents is 1. The fraction of sp³-hybridized carbons (Fsp3) is 0.130. The Morgan fingerprint density at radius 1 is 0.971 bits per heavy atom. The summed E-state index contributed by atoms with van der Waals surface area (Å²) in [4.78, 5) is 32.8. The lowest BCUT2D eigenvalue weighted by Crippen LogP contribution is -2.20. The molecule has 1 amide bonds. The van der Waals surface area contributed by atoms with Crippen molar-refractivity contribution in [1.82, 2.24) is 0 Å². The molecule has 0 unspecified atom stereocenters. The van der Waals surface area contributed by atoms with Gasteiger partial charge in [0.25, 0.3) is 11.6 Å². The maximum Gasteiger partial charge on any atom is 0.301 e. The number of carbonyl (C=O) groups is 1. The maximum absolute atomic E-state index is 12.1. The monoisotopic (exact) mass is 479 g/mol. The number of amides is 1. The van der Waals surface area contributed by atoms with Crippen molar-refractivity contribution < 1.29 is 24.1 Å². The molecule has 35 heavy (non-hydrogen) atoms. The minimum absolute atomic E-state index is 0.00809. The molecular weight excluding hydrogens is 458 g/mol. The Bertz CT molecular complexity index is 1250.